The van der Waals surface area contributed by atoms with Gasteiger partial charge in [0.2, 0.25) is 0 Å². The second-order valence-electron chi connectivity index (χ2n) is 6.92. The van der Waals surface area contributed by atoms with Crippen LogP contribution in [0.25, 0.3) is 21.3 Å². The van der Waals surface area contributed by atoms with E-state index in [0.717, 1.165) is 33.8 Å². The van der Waals surface area contributed by atoms with E-state index in [0.29, 0.717) is 12.7 Å². The summed E-state index contributed by atoms with van der Waals surface area (Å²) in [6.45, 7) is 1.73. The van der Waals surface area contributed by atoms with Crippen LogP contribution in [0.2, 0.25) is 0 Å². The Bertz CT molecular complexity index is 947. The van der Waals surface area contributed by atoms with Gasteiger partial charge in [-0.25, -0.2) is 4.68 Å². The molecule has 5 heteroatoms. The molecule has 2 aliphatic rings. The Balaban J connectivity index is 1.63. The lowest BCUT2D eigenvalue weighted by molar-refractivity contribution is 0.156. The van der Waals surface area contributed by atoms with Crippen LogP contribution in [0.5, 0.6) is 0 Å². The molecular weight excluding hydrogens is 318 g/mol. The van der Waals surface area contributed by atoms with Gasteiger partial charge in [0.1, 0.15) is 5.69 Å². The molecule has 0 amide bonds. The number of nitrogens with zero attached hydrogens (tertiary/aromatic N) is 3. The zero-order valence-electron chi connectivity index (χ0n) is 13.4. The summed E-state index contributed by atoms with van der Waals surface area (Å²) in [5.41, 5.74) is 0.943. The van der Waals surface area contributed by atoms with E-state index in [9.17, 15) is 4.79 Å². The van der Waals surface area contributed by atoms with Crippen LogP contribution in [0, 0.1) is 5.92 Å². The summed E-state index contributed by atoms with van der Waals surface area (Å²) in [7, 11) is 0. The maximum Gasteiger partial charge on any atom is 0.275 e. The highest BCUT2D eigenvalue weighted by Crippen LogP contribution is 2.37. The number of fused-ring (bicyclic) bond motifs is 3. The number of benzene rings is 1. The topological polar surface area (TPSA) is 38.1 Å². The van der Waals surface area contributed by atoms with E-state index in [1.165, 1.54) is 19.3 Å². The van der Waals surface area contributed by atoms with E-state index in [2.05, 4.69) is 16.3 Å². The van der Waals surface area contributed by atoms with Gasteiger partial charge >= 0.3 is 0 Å². The molecule has 1 saturated carbocycles. The van der Waals surface area contributed by atoms with Crippen LogP contribution in [0.1, 0.15) is 19.3 Å². The quantitative estimate of drug-likeness (QED) is 0.733. The molecule has 24 heavy (non-hydrogen) atoms. The van der Waals surface area contributed by atoms with Crippen molar-refractivity contribution in [3.05, 3.63) is 52.1 Å². The van der Waals surface area contributed by atoms with Crippen molar-refractivity contribution in [2.45, 2.75) is 32.0 Å². The standard InChI is InChI=1S/C19H19N3OS/c23-19-16-5-2-1-4-15(16)18(17-6-3-9-24-17)20-22(19)12-21-11-13-7-8-14(21)10-13/h1-6,9,13-14H,7-8,10-12H2. The first-order valence-corrected chi connectivity index (χ1v) is 9.45. The van der Waals surface area contributed by atoms with Crippen molar-refractivity contribution in [3.8, 4) is 10.6 Å². The SMILES string of the molecule is O=c1c2ccccc2c(-c2cccs2)nn1CN1CC2CCC1C2. The van der Waals surface area contributed by atoms with Crippen molar-refractivity contribution >= 4 is 22.1 Å². The molecule has 122 valence electrons. The summed E-state index contributed by atoms with van der Waals surface area (Å²) in [6.07, 6.45) is 3.91. The molecule has 2 atom stereocenters. The highest BCUT2D eigenvalue weighted by Gasteiger charge is 2.37. The molecule has 3 aromatic rings. The van der Waals surface area contributed by atoms with E-state index in [1.54, 1.807) is 16.0 Å². The van der Waals surface area contributed by atoms with Gasteiger partial charge in [0.05, 0.1) is 16.9 Å². The number of hydrogen-bond donors (Lipinski definition) is 0. The predicted molar refractivity (Wildman–Crippen MR) is 97.2 cm³/mol. The van der Waals surface area contributed by atoms with Gasteiger partial charge in [-0.05, 0) is 42.7 Å². The van der Waals surface area contributed by atoms with Gasteiger partial charge in [-0.3, -0.25) is 9.69 Å². The normalized spacial score (nSPS) is 23.3. The van der Waals surface area contributed by atoms with E-state index in [1.807, 2.05) is 30.3 Å². The fraction of sp³-hybridized carbons (Fsp3) is 0.368. The van der Waals surface area contributed by atoms with Crippen molar-refractivity contribution < 1.29 is 0 Å². The Morgan fingerprint density at radius 3 is 2.71 bits per heavy atom. The lowest BCUT2D eigenvalue weighted by Crippen LogP contribution is -2.38. The lowest BCUT2D eigenvalue weighted by Gasteiger charge is -2.27. The molecule has 0 N–H and O–H groups in total. The lowest BCUT2D eigenvalue weighted by atomic mass is 10.1. The first kappa shape index (κ1) is 14.4. The minimum atomic E-state index is 0.0219. The molecule has 0 radical (unpaired) electrons. The average molecular weight is 337 g/mol. The van der Waals surface area contributed by atoms with Crippen LogP contribution in [0.4, 0.5) is 0 Å². The first-order chi connectivity index (χ1) is 11.8. The van der Waals surface area contributed by atoms with Crippen LogP contribution in [-0.4, -0.2) is 27.3 Å². The zero-order chi connectivity index (χ0) is 16.1. The van der Waals surface area contributed by atoms with Gasteiger partial charge < -0.3 is 0 Å². The van der Waals surface area contributed by atoms with Gasteiger partial charge in [-0.15, -0.1) is 11.3 Å². The fourth-order valence-corrected chi connectivity index (χ4v) is 5.02. The predicted octanol–water partition coefficient (Wildman–Crippen LogP) is 3.57. The molecule has 4 nitrogen and oxygen atoms in total. The van der Waals surface area contributed by atoms with Gasteiger partial charge in [-0.2, -0.15) is 5.10 Å². The molecule has 1 aromatic carbocycles. The Kier molecular flexibility index (Phi) is 3.31. The summed E-state index contributed by atoms with van der Waals surface area (Å²) in [5, 5.41) is 8.53. The summed E-state index contributed by atoms with van der Waals surface area (Å²) in [5.74, 6) is 0.822. The number of piperidine rings is 1. The van der Waals surface area contributed by atoms with Crippen molar-refractivity contribution in [1.29, 1.82) is 0 Å². The second-order valence-corrected chi connectivity index (χ2v) is 7.87. The molecule has 2 aromatic heterocycles. The minimum Gasteiger partial charge on any atom is -0.281 e. The average Bonchev–Trinajstić information content (AvgIpc) is 3.35. The maximum atomic E-state index is 12.9. The van der Waals surface area contributed by atoms with Gasteiger partial charge in [0.25, 0.3) is 5.56 Å². The number of rotatable bonds is 3. The molecule has 5 rings (SSSR count). The van der Waals surface area contributed by atoms with Crippen molar-refractivity contribution in [2.24, 2.45) is 5.92 Å². The third kappa shape index (κ3) is 2.23. The number of aromatic nitrogens is 2. The minimum absolute atomic E-state index is 0.0219. The van der Waals surface area contributed by atoms with Gasteiger partial charge in [0, 0.05) is 18.0 Å². The van der Waals surface area contributed by atoms with E-state index < -0.39 is 0 Å². The van der Waals surface area contributed by atoms with Crippen molar-refractivity contribution in [3.63, 3.8) is 0 Å². The number of likely N-dealkylation sites (tertiary alicyclic amines) is 1. The van der Waals surface area contributed by atoms with Crippen LogP contribution in [0.15, 0.2) is 46.6 Å². The van der Waals surface area contributed by atoms with E-state index >= 15 is 0 Å². The van der Waals surface area contributed by atoms with Crippen LogP contribution >= 0.6 is 11.3 Å². The third-order valence-electron chi connectivity index (χ3n) is 5.46. The highest BCUT2D eigenvalue weighted by atomic mass is 32.1. The van der Waals surface area contributed by atoms with Crippen molar-refractivity contribution in [1.82, 2.24) is 14.7 Å². The molecule has 3 heterocycles. The molecule has 2 bridgehead atoms. The third-order valence-corrected chi connectivity index (χ3v) is 6.34. The number of hydrogen-bond acceptors (Lipinski definition) is 4. The molecule has 1 aliphatic carbocycles. The highest BCUT2D eigenvalue weighted by molar-refractivity contribution is 7.13. The van der Waals surface area contributed by atoms with E-state index in [-0.39, 0.29) is 5.56 Å². The van der Waals surface area contributed by atoms with Crippen LogP contribution < -0.4 is 5.56 Å². The summed E-state index contributed by atoms with van der Waals surface area (Å²) in [4.78, 5) is 16.5. The maximum absolute atomic E-state index is 12.9. The zero-order valence-corrected chi connectivity index (χ0v) is 14.2. The Morgan fingerprint density at radius 1 is 1.12 bits per heavy atom. The largest absolute Gasteiger partial charge is 0.281 e. The fourth-order valence-electron chi connectivity index (χ4n) is 4.30. The van der Waals surface area contributed by atoms with E-state index in [4.69, 9.17) is 5.10 Å². The van der Waals surface area contributed by atoms with Gasteiger partial charge in [-0.1, -0.05) is 24.3 Å². The van der Waals surface area contributed by atoms with Crippen LogP contribution in [0.3, 0.4) is 0 Å². The molecule has 2 fully saturated rings. The molecular formula is C19H19N3OS. The molecule has 1 aliphatic heterocycles. The van der Waals surface area contributed by atoms with Crippen molar-refractivity contribution in [2.75, 3.05) is 6.54 Å². The Hall–Kier alpha value is -1.98. The Morgan fingerprint density at radius 2 is 2.00 bits per heavy atom. The molecule has 2 unspecified atom stereocenters. The summed E-state index contributed by atoms with van der Waals surface area (Å²) in [6, 6.07) is 12.6. The summed E-state index contributed by atoms with van der Waals surface area (Å²) < 4.78 is 1.68. The second kappa shape index (κ2) is 5.53. The summed E-state index contributed by atoms with van der Waals surface area (Å²) >= 11 is 1.67. The molecule has 1 saturated heterocycles. The Labute approximate surface area is 144 Å². The first-order valence-electron chi connectivity index (χ1n) is 8.57. The smallest absolute Gasteiger partial charge is 0.275 e. The number of thiophene rings is 1. The molecule has 0 spiro atoms. The monoisotopic (exact) mass is 337 g/mol. The van der Waals surface area contributed by atoms with Gasteiger partial charge in [0.15, 0.2) is 0 Å². The van der Waals surface area contributed by atoms with Crippen LogP contribution in [-0.2, 0) is 6.67 Å².